The Morgan fingerprint density at radius 2 is 2.05 bits per heavy atom. The molecule has 98 valence electrons. The van der Waals surface area contributed by atoms with Gasteiger partial charge in [-0.1, -0.05) is 0 Å². The number of hydrogen-bond acceptors (Lipinski definition) is 4. The third-order valence-corrected chi connectivity index (χ3v) is 3.66. The van der Waals surface area contributed by atoms with E-state index in [-0.39, 0.29) is 11.5 Å². The lowest BCUT2D eigenvalue weighted by molar-refractivity contribution is 0.179. The number of phenols is 2. The van der Waals surface area contributed by atoms with Crippen LogP contribution < -0.4 is 0 Å². The molecule has 1 aromatic carbocycles. The standard InChI is InChI=1S/C15H15NO3/c1-8-7-16-15(10-3-5-13(19)14(8)10)11-6-9(17)2-4-12(11)18/h2,4,6-7,13,17-19H,3,5H2,1H3/t13-/m1/s1. The number of aromatic nitrogens is 1. The van der Waals surface area contributed by atoms with Gasteiger partial charge in [0, 0.05) is 11.8 Å². The second-order valence-corrected chi connectivity index (χ2v) is 4.94. The van der Waals surface area contributed by atoms with Gasteiger partial charge < -0.3 is 15.3 Å². The first-order chi connectivity index (χ1) is 9.08. The average Bonchev–Trinajstić information content (AvgIpc) is 2.77. The molecule has 4 heteroatoms. The molecule has 0 bridgehead atoms. The molecule has 0 aliphatic heterocycles. The van der Waals surface area contributed by atoms with Crippen LogP contribution in [0.15, 0.2) is 24.4 Å². The topological polar surface area (TPSA) is 73.6 Å². The molecule has 2 aromatic rings. The predicted molar refractivity (Wildman–Crippen MR) is 71.0 cm³/mol. The van der Waals surface area contributed by atoms with E-state index in [1.807, 2.05) is 6.92 Å². The van der Waals surface area contributed by atoms with Crippen LogP contribution in [0, 0.1) is 6.92 Å². The highest BCUT2D eigenvalue weighted by atomic mass is 16.3. The summed E-state index contributed by atoms with van der Waals surface area (Å²) in [5.41, 5.74) is 3.99. The van der Waals surface area contributed by atoms with Gasteiger partial charge in [-0.15, -0.1) is 0 Å². The Morgan fingerprint density at radius 3 is 2.84 bits per heavy atom. The van der Waals surface area contributed by atoms with E-state index < -0.39 is 6.10 Å². The molecule has 0 unspecified atom stereocenters. The molecule has 1 atom stereocenters. The van der Waals surface area contributed by atoms with E-state index >= 15 is 0 Å². The monoisotopic (exact) mass is 257 g/mol. The first-order valence-electron chi connectivity index (χ1n) is 6.26. The van der Waals surface area contributed by atoms with Gasteiger partial charge in [0.1, 0.15) is 11.5 Å². The van der Waals surface area contributed by atoms with E-state index in [0.29, 0.717) is 17.7 Å². The van der Waals surface area contributed by atoms with Crippen LogP contribution in [0.4, 0.5) is 0 Å². The molecule has 0 radical (unpaired) electrons. The summed E-state index contributed by atoms with van der Waals surface area (Å²) >= 11 is 0. The Bertz CT molecular complexity index is 652. The normalized spacial score (nSPS) is 17.5. The second-order valence-electron chi connectivity index (χ2n) is 4.94. The van der Waals surface area contributed by atoms with Gasteiger partial charge in [-0.05, 0) is 54.7 Å². The summed E-state index contributed by atoms with van der Waals surface area (Å²) < 4.78 is 0. The van der Waals surface area contributed by atoms with Gasteiger partial charge in [0.05, 0.1) is 11.8 Å². The Labute approximate surface area is 111 Å². The summed E-state index contributed by atoms with van der Waals surface area (Å²) in [4.78, 5) is 4.37. The Kier molecular flexibility index (Phi) is 2.68. The third kappa shape index (κ3) is 1.85. The number of nitrogens with zero attached hydrogens (tertiary/aromatic N) is 1. The minimum atomic E-state index is -0.462. The maximum absolute atomic E-state index is 10.0. The van der Waals surface area contributed by atoms with Crippen molar-refractivity contribution in [2.75, 3.05) is 0 Å². The van der Waals surface area contributed by atoms with Gasteiger partial charge in [0.2, 0.25) is 0 Å². The number of rotatable bonds is 1. The molecular weight excluding hydrogens is 242 g/mol. The summed E-state index contributed by atoms with van der Waals surface area (Å²) in [7, 11) is 0. The van der Waals surface area contributed by atoms with Crippen molar-refractivity contribution in [2.45, 2.75) is 25.9 Å². The fraction of sp³-hybridized carbons (Fsp3) is 0.267. The van der Waals surface area contributed by atoms with Gasteiger partial charge in [0.15, 0.2) is 0 Å². The van der Waals surface area contributed by atoms with Crippen LogP contribution in [0.1, 0.15) is 29.2 Å². The number of aliphatic hydroxyl groups excluding tert-OH is 1. The molecular formula is C15H15NO3. The molecule has 1 aliphatic carbocycles. The number of hydrogen-bond donors (Lipinski definition) is 3. The number of aromatic hydroxyl groups is 2. The van der Waals surface area contributed by atoms with Crippen molar-refractivity contribution in [1.29, 1.82) is 0 Å². The minimum Gasteiger partial charge on any atom is -0.508 e. The van der Waals surface area contributed by atoms with E-state index in [1.54, 1.807) is 6.20 Å². The van der Waals surface area contributed by atoms with E-state index in [2.05, 4.69) is 4.98 Å². The second kappa shape index (κ2) is 4.24. The number of pyridine rings is 1. The zero-order valence-corrected chi connectivity index (χ0v) is 10.6. The van der Waals surface area contributed by atoms with E-state index in [1.165, 1.54) is 18.2 Å². The van der Waals surface area contributed by atoms with Crippen LogP contribution in [0.5, 0.6) is 11.5 Å². The lowest BCUT2D eigenvalue weighted by Crippen LogP contribution is -1.98. The van der Waals surface area contributed by atoms with Gasteiger partial charge in [-0.2, -0.15) is 0 Å². The molecule has 0 saturated heterocycles. The molecule has 3 rings (SSSR count). The van der Waals surface area contributed by atoms with E-state index in [4.69, 9.17) is 0 Å². The molecule has 1 aromatic heterocycles. The summed E-state index contributed by atoms with van der Waals surface area (Å²) in [6, 6.07) is 4.38. The number of fused-ring (bicyclic) bond motifs is 1. The first kappa shape index (κ1) is 12.0. The highest BCUT2D eigenvalue weighted by Gasteiger charge is 2.27. The number of aliphatic hydroxyl groups is 1. The molecule has 19 heavy (non-hydrogen) atoms. The molecule has 1 heterocycles. The Morgan fingerprint density at radius 1 is 1.26 bits per heavy atom. The maximum atomic E-state index is 10.0. The number of aryl methyl sites for hydroxylation is 1. The minimum absolute atomic E-state index is 0.0812. The van der Waals surface area contributed by atoms with Crippen molar-refractivity contribution in [3.05, 3.63) is 41.1 Å². The van der Waals surface area contributed by atoms with Crippen LogP contribution >= 0.6 is 0 Å². The highest BCUT2D eigenvalue weighted by Crippen LogP contribution is 2.41. The molecule has 0 fully saturated rings. The van der Waals surface area contributed by atoms with Crippen molar-refractivity contribution in [2.24, 2.45) is 0 Å². The lowest BCUT2D eigenvalue weighted by Gasteiger charge is -2.13. The average molecular weight is 257 g/mol. The summed E-state index contributed by atoms with van der Waals surface area (Å²) in [6.07, 6.45) is 2.65. The van der Waals surface area contributed by atoms with Crippen molar-refractivity contribution < 1.29 is 15.3 Å². The molecule has 3 N–H and O–H groups in total. The molecule has 0 saturated carbocycles. The lowest BCUT2D eigenvalue weighted by atomic mass is 9.99. The smallest absolute Gasteiger partial charge is 0.125 e. The van der Waals surface area contributed by atoms with Crippen molar-refractivity contribution in [3.8, 4) is 22.8 Å². The van der Waals surface area contributed by atoms with Crippen LogP contribution in [0.2, 0.25) is 0 Å². The summed E-state index contributed by atoms with van der Waals surface area (Å²) in [5, 5.41) is 29.5. The van der Waals surface area contributed by atoms with Crippen molar-refractivity contribution >= 4 is 0 Å². The summed E-state index contributed by atoms with van der Waals surface area (Å²) in [6.45, 7) is 1.92. The van der Waals surface area contributed by atoms with E-state index in [0.717, 1.165) is 23.1 Å². The number of benzene rings is 1. The zero-order valence-electron chi connectivity index (χ0n) is 10.6. The van der Waals surface area contributed by atoms with Crippen molar-refractivity contribution in [1.82, 2.24) is 4.98 Å². The van der Waals surface area contributed by atoms with Crippen molar-refractivity contribution in [3.63, 3.8) is 0 Å². The predicted octanol–water partition coefficient (Wildman–Crippen LogP) is 2.45. The quantitative estimate of drug-likeness (QED) is 0.686. The SMILES string of the molecule is Cc1cnc(-c2cc(O)ccc2O)c2c1[C@H](O)CC2. The third-order valence-electron chi connectivity index (χ3n) is 3.66. The fourth-order valence-corrected chi connectivity index (χ4v) is 2.76. The van der Waals surface area contributed by atoms with Crippen LogP contribution in [-0.2, 0) is 6.42 Å². The highest BCUT2D eigenvalue weighted by molar-refractivity contribution is 5.73. The van der Waals surface area contributed by atoms with Gasteiger partial charge in [0.25, 0.3) is 0 Å². The fourth-order valence-electron chi connectivity index (χ4n) is 2.76. The van der Waals surface area contributed by atoms with Gasteiger partial charge in [-0.25, -0.2) is 0 Å². The van der Waals surface area contributed by atoms with Crippen LogP contribution in [-0.4, -0.2) is 20.3 Å². The maximum Gasteiger partial charge on any atom is 0.125 e. The van der Waals surface area contributed by atoms with Crippen LogP contribution in [0.3, 0.4) is 0 Å². The first-order valence-corrected chi connectivity index (χ1v) is 6.26. The molecule has 0 spiro atoms. The Balaban J connectivity index is 2.25. The molecule has 4 nitrogen and oxygen atoms in total. The van der Waals surface area contributed by atoms with Crippen LogP contribution in [0.25, 0.3) is 11.3 Å². The Hall–Kier alpha value is -2.07. The van der Waals surface area contributed by atoms with Gasteiger partial charge in [-0.3, -0.25) is 4.98 Å². The van der Waals surface area contributed by atoms with Gasteiger partial charge >= 0.3 is 0 Å². The van der Waals surface area contributed by atoms with E-state index in [9.17, 15) is 15.3 Å². The zero-order chi connectivity index (χ0) is 13.6. The molecule has 0 amide bonds. The number of phenolic OH excluding ortho intramolecular Hbond substituents is 2. The summed E-state index contributed by atoms with van der Waals surface area (Å²) in [5.74, 6) is 0.167. The molecule has 1 aliphatic rings. The largest absolute Gasteiger partial charge is 0.508 e.